The van der Waals surface area contributed by atoms with E-state index in [2.05, 4.69) is 36.2 Å². The highest BCUT2D eigenvalue weighted by Crippen LogP contribution is 2.13. The van der Waals surface area contributed by atoms with Crippen LogP contribution in [0, 0.1) is 0 Å². The van der Waals surface area contributed by atoms with Crippen molar-refractivity contribution in [2.45, 2.75) is 27.2 Å². The van der Waals surface area contributed by atoms with Gasteiger partial charge in [0.25, 0.3) is 0 Å². The highest BCUT2D eigenvalue weighted by Gasteiger charge is 1.97. The molecule has 2 N–H and O–H groups in total. The normalized spacial score (nSPS) is 9.75. The van der Waals surface area contributed by atoms with Crippen molar-refractivity contribution < 1.29 is 0 Å². The van der Waals surface area contributed by atoms with Gasteiger partial charge in [-0.15, -0.1) is 0 Å². The summed E-state index contributed by atoms with van der Waals surface area (Å²) in [6.07, 6.45) is 2.40. The number of hydrogen-bond donors (Lipinski definition) is 1. The summed E-state index contributed by atoms with van der Waals surface area (Å²) in [6, 6.07) is 8.48. The molecule has 0 atom stereocenters. The van der Waals surface area contributed by atoms with Gasteiger partial charge in [0.05, 0.1) is 6.34 Å². The molecule has 0 unspecified atom stereocenters. The maximum absolute atomic E-state index is 5.18. The molecular weight excluding hydrogens is 198 g/mol. The first-order valence-corrected chi connectivity index (χ1v) is 5.78. The van der Waals surface area contributed by atoms with E-state index < -0.39 is 0 Å². The number of rotatable bonds is 4. The van der Waals surface area contributed by atoms with Gasteiger partial charge in [0.15, 0.2) is 0 Å². The maximum atomic E-state index is 5.18. The molecule has 0 saturated heterocycles. The predicted molar refractivity (Wildman–Crippen MR) is 73.1 cm³/mol. The molecule has 0 fully saturated rings. The Morgan fingerprint density at radius 2 is 1.81 bits per heavy atom. The Morgan fingerprint density at radius 3 is 2.25 bits per heavy atom. The van der Waals surface area contributed by atoms with Crippen LogP contribution >= 0.6 is 0 Å². The molecule has 1 rings (SSSR count). The van der Waals surface area contributed by atoms with Crippen LogP contribution in [0.25, 0.3) is 0 Å². The van der Waals surface area contributed by atoms with Crippen LogP contribution < -0.4 is 10.6 Å². The van der Waals surface area contributed by atoms with Crippen molar-refractivity contribution in [2.24, 2.45) is 10.7 Å². The Bertz CT molecular complexity index is 291. The average molecular weight is 221 g/mol. The monoisotopic (exact) mass is 221 g/mol. The van der Waals surface area contributed by atoms with Crippen molar-refractivity contribution >= 4 is 12.0 Å². The highest BCUT2D eigenvalue weighted by molar-refractivity contribution is 5.52. The molecule has 1 aromatic rings. The lowest BCUT2D eigenvalue weighted by atomic mass is 10.1. The van der Waals surface area contributed by atoms with Crippen LogP contribution in [0.5, 0.6) is 0 Å². The summed E-state index contributed by atoms with van der Waals surface area (Å²) >= 11 is 0. The fourth-order valence-electron chi connectivity index (χ4n) is 1.24. The zero-order valence-corrected chi connectivity index (χ0v) is 10.8. The molecule has 0 aliphatic heterocycles. The zero-order chi connectivity index (χ0) is 12.4. The van der Waals surface area contributed by atoms with Gasteiger partial charge < -0.3 is 10.6 Å². The van der Waals surface area contributed by atoms with Gasteiger partial charge >= 0.3 is 0 Å². The Kier molecular flexibility index (Phi) is 7.94. The Hall–Kier alpha value is -1.51. The van der Waals surface area contributed by atoms with Crippen molar-refractivity contribution in [1.29, 1.82) is 0 Å². The summed E-state index contributed by atoms with van der Waals surface area (Å²) in [5, 5.41) is 0. The number of aryl methyl sites for hydroxylation is 1. The van der Waals surface area contributed by atoms with Crippen LogP contribution in [0.4, 0.5) is 5.69 Å². The van der Waals surface area contributed by atoms with Crippen LogP contribution in [0.1, 0.15) is 26.3 Å². The summed E-state index contributed by atoms with van der Waals surface area (Å²) in [4.78, 5) is 6.01. The van der Waals surface area contributed by atoms with Crippen LogP contribution in [0.3, 0.4) is 0 Å². The zero-order valence-electron chi connectivity index (χ0n) is 10.8. The van der Waals surface area contributed by atoms with Gasteiger partial charge in [-0.3, -0.25) is 4.99 Å². The summed E-state index contributed by atoms with van der Waals surface area (Å²) < 4.78 is 0. The Balaban J connectivity index is 0.00000106. The lowest BCUT2D eigenvalue weighted by molar-refractivity contribution is 0.934. The molecule has 3 heteroatoms. The first-order valence-electron chi connectivity index (χ1n) is 5.78. The van der Waals surface area contributed by atoms with Gasteiger partial charge in [-0.2, -0.15) is 0 Å². The quantitative estimate of drug-likeness (QED) is 0.627. The van der Waals surface area contributed by atoms with Gasteiger partial charge in [0, 0.05) is 12.7 Å². The third-order valence-corrected chi connectivity index (χ3v) is 2.18. The highest BCUT2D eigenvalue weighted by atomic mass is 15.2. The van der Waals surface area contributed by atoms with Crippen molar-refractivity contribution in [1.82, 2.24) is 0 Å². The minimum Gasteiger partial charge on any atom is -0.390 e. The van der Waals surface area contributed by atoms with Gasteiger partial charge in [0.2, 0.25) is 0 Å². The SMILES string of the molecule is CC.CCc1ccc(N(C)C/N=C\N)cc1. The van der Waals surface area contributed by atoms with E-state index >= 15 is 0 Å². The molecule has 0 bridgehead atoms. The van der Waals surface area contributed by atoms with E-state index in [0.29, 0.717) is 6.67 Å². The first kappa shape index (κ1) is 14.5. The molecule has 16 heavy (non-hydrogen) atoms. The predicted octanol–water partition coefficient (Wildman–Crippen LogP) is 2.66. The fraction of sp³-hybridized carbons (Fsp3) is 0.462. The molecule has 1 aromatic carbocycles. The van der Waals surface area contributed by atoms with Gasteiger partial charge in [-0.05, 0) is 24.1 Å². The summed E-state index contributed by atoms with van der Waals surface area (Å²) in [6.45, 7) is 6.75. The molecule has 0 aliphatic rings. The van der Waals surface area contributed by atoms with E-state index in [1.165, 1.54) is 11.9 Å². The van der Waals surface area contributed by atoms with Gasteiger partial charge in [-0.1, -0.05) is 32.9 Å². The molecule has 0 spiro atoms. The second-order valence-corrected chi connectivity index (χ2v) is 3.19. The third kappa shape index (κ3) is 4.82. The molecule has 3 nitrogen and oxygen atoms in total. The maximum Gasteiger partial charge on any atom is 0.111 e. The van der Waals surface area contributed by atoms with E-state index in [1.807, 2.05) is 25.8 Å². The molecular formula is C13H23N3. The summed E-state index contributed by atoms with van der Waals surface area (Å²) in [5.74, 6) is 0. The van der Waals surface area contributed by atoms with E-state index in [0.717, 1.165) is 12.1 Å². The van der Waals surface area contributed by atoms with Crippen molar-refractivity contribution in [3.8, 4) is 0 Å². The Morgan fingerprint density at radius 1 is 1.25 bits per heavy atom. The number of benzene rings is 1. The van der Waals surface area contributed by atoms with Crippen molar-refractivity contribution in [2.75, 3.05) is 18.6 Å². The van der Waals surface area contributed by atoms with Gasteiger partial charge in [-0.25, -0.2) is 0 Å². The molecule has 0 saturated carbocycles. The van der Waals surface area contributed by atoms with E-state index in [4.69, 9.17) is 5.73 Å². The number of aliphatic imine (C=N–C) groups is 1. The lowest BCUT2D eigenvalue weighted by Crippen LogP contribution is -2.17. The van der Waals surface area contributed by atoms with Crippen molar-refractivity contribution in [3.05, 3.63) is 29.8 Å². The van der Waals surface area contributed by atoms with Crippen molar-refractivity contribution in [3.63, 3.8) is 0 Å². The van der Waals surface area contributed by atoms with E-state index in [1.54, 1.807) is 0 Å². The second-order valence-electron chi connectivity index (χ2n) is 3.19. The van der Waals surface area contributed by atoms with Crippen LogP contribution in [-0.2, 0) is 6.42 Å². The van der Waals surface area contributed by atoms with E-state index in [-0.39, 0.29) is 0 Å². The number of nitrogens with zero attached hydrogens (tertiary/aromatic N) is 2. The molecule has 0 radical (unpaired) electrons. The number of nitrogens with two attached hydrogens (primary N) is 1. The van der Waals surface area contributed by atoms with Crippen LogP contribution in [0.15, 0.2) is 29.3 Å². The average Bonchev–Trinajstić information content (AvgIpc) is 2.38. The van der Waals surface area contributed by atoms with Gasteiger partial charge in [0.1, 0.15) is 6.67 Å². The second kappa shape index (κ2) is 8.77. The van der Waals surface area contributed by atoms with E-state index in [9.17, 15) is 0 Å². The molecule has 90 valence electrons. The summed E-state index contributed by atoms with van der Waals surface area (Å²) in [5.41, 5.74) is 7.69. The number of hydrogen-bond acceptors (Lipinski definition) is 2. The smallest absolute Gasteiger partial charge is 0.111 e. The number of anilines is 1. The minimum absolute atomic E-state index is 0.599. The Labute approximate surface area is 99.0 Å². The topological polar surface area (TPSA) is 41.6 Å². The third-order valence-electron chi connectivity index (χ3n) is 2.18. The van der Waals surface area contributed by atoms with Crippen LogP contribution in [0.2, 0.25) is 0 Å². The lowest BCUT2D eigenvalue weighted by Gasteiger charge is -2.16. The first-order chi connectivity index (χ1) is 7.77. The molecule has 0 aliphatic carbocycles. The largest absolute Gasteiger partial charge is 0.390 e. The fourth-order valence-corrected chi connectivity index (χ4v) is 1.24. The molecule has 0 amide bonds. The standard InChI is InChI=1S/C11H17N3.C2H6/c1-3-10-4-6-11(7-5-10)14(2)9-13-8-12;1-2/h4-8H,3,9H2,1-2H3,(H2,12,13);1-2H3. The molecule has 0 aromatic heterocycles. The minimum atomic E-state index is 0.599. The summed E-state index contributed by atoms with van der Waals surface area (Å²) in [7, 11) is 1.99. The molecule has 0 heterocycles. The van der Waals surface area contributed by atoms with Crippen LogP contribution in [-0.4, -0.2) is 20.1 Å².